The van der Waals surface area contributed by atoms with Crippen LogP contribution in [0, 0.1) is 6.92 Å². The number of furan rings is 1. The minimum absolute atomic E-state index is 0.0424. The third-order valence-corrected chi connectivity index (χ3v) is 4.64. The lowest BCUT2D eigenvalue weighted by Crippen LogP contribution is -2.73. The van der Waals surface area contributed by atoms with E-state index < -0.39 is 0 Å². The average molecular weight is 321 g/mol. The molecule has 2 amide bonds. The standard InChI is InChI=1S/C16H23N3O4/c1-11-5-6-22-13(11)15(21)19-9-16(10-19)8-18(4)12(7-23-16)14(20)17(2)3/h5-6,12H,7-10H2,1-4H3/t12-/m1/s1. The molecule has 0 saturated carbocycles. The number of hydrogen-bond acceptors (Lipinski definition) is 5. The summed E-state index contributed by atoms with van der Waals surface area (Å²) in [5.74, 6) is 0.335. The van der Waals surface area contributed by atoms with E-state index in [1.54, 1.807) is 30.0 Å². The van der Waals surface area contributed by atoms with Crippen LogP contribution < -0.4 is 0 Å². The molecule has 2 aliphatic rings. The number of amides is 2. The molecule has 23 heavy (non-hydrogen) atoms. The van der Waals surface area contributed by atoms with Gasteiger partial charge in [-0.2, -0.15) is 0 Å². The van der Waals surface area contributed by atoms with Crippen molar-refractivity contribution in [2.75, 3.05) is 47.4 Å². The molecule has 0 aliphatic carbocycles. The molecule has 3 rings (SSSR count). The maximum absolute atomic E-state index is 12.4. The second-order valence-corrected chi connectivity index (χ2v) is 6.75. The second-order valence-electron chi connectivity index (χ2n) is 6.75. The second kappa shape index (κ2) is 5.65. The summed E-state index contributed by atoms with van der Waals surface area (Å²) in [5.41, 5.74) is 0.475. The van der Waals surface area contributed by atoms with E-state index in [9.17, 15) is 9.59 Å². The Labute approximate surface area is 135 Å². The fraction of sp³-hybridized carbons (Fsp3) is 0.625. The number of rotatable bonds is 2. The zero-order valence-electron chi connectivity index (χ0n) is 14.0. The summed E-state index contributed by atoms with van der Waals surface area (Å²) in [7, 11) is 5.42. The van der Waals surface area contributed by atoms with E-state index in [0.29, 0.717) is 32.0 Å². The van der Waals surface area contributed by atoms with Crippen molar-refractivity contribution in [1.82, 2.24) is 14.7 Å². The molecule has 7 nitrogen and oxygen atoms in total. The summed E-state index contributed by atoms with van der Waals surface area (Å²) in [6.45, 7) is 3.90. The third-order valence-electron chi connectivity index (χ3n) is 4.64. The largest absolute Gasteiger partial charge is 0.459 e. The van der Waals surface area contributed by atoms with Crippen molar-refractivity contribution < 1.29 is 18.7 Å². The van der Waals surface area contributed by atoms with Gasteiger partial charge >= 0.3 is 0 Å². The van der Waals surface area contributed by atoms with Crippen molar-refractivity contribution in [3.8, 4) is 0 Å². The maximum atomic E-state index is 12.4. The van der Waals surface area contributed by atoms with Gasteiger partial charge in [-0.1, -0.05) is 0 Å². The first kappa shape index (κ1) is 16.0. The first-order chi connectivity index (χ1) is 10.8. The Morgan fingerprint density at radius 1 is 1.30 bits per heavy atom. The van der Waals surface area contributed by atoms with Crippen LogP contribution in [0.15, 0.2) is 16.7 Å². The first-order valence-electron chi connectivity index (χ1n) is 7.72. The van der Waals surface area contributed by atoms with E-state index in [4.69, 9.17) is 9.15 Å². The van der Waals surface area contributed by atoms with E-state index in [2.05, 4.69) is 0 Å². The van der Waals surface area contributed by atoms with Crippen molar-refractivity contribution in [3.05, 3.63) is 23.7 Å². The van der Waals surface area contributed by atoms with E-state index in [1.165, 1.54) is 6.26 Å². The molecule has 0 unspecified atom stereocenters. The predicted octanol–water partition coefficient (Wildman–Crippen LogP) is 0.201. The maximum Gasteiger partial charge on any atom is 0.290 e. The van der Waals surface area contributed by atoms with Gasteiger partial charge in [0.1, 0.15) is 11.6 Å². The summed E-state index contributed by atoms with van der Waals surface area (Å²) >= 11 is 0. The van der Waals surface area contributed by atoms with Gasteiger partial charge in [0.05, 0.1) is 26.0 Å². The van der Waals surface area contributed by atoms with Gasteiger partial charge in [-0.3, -0.25) is 14.5 Å². The van der Waals surface area contributed by atoms with Gasteiger partial charge in [-0.05, 0) is 20.0 Å². The monoisotopic (exact) mass is 321 g/mol. The zero-order valence-corrected chi connectivity index (χ0v) is 14.0. The highest BCUT2D eigenvalue weighted by Crippen LogP contribution is 2.32. The minimum Gasteiger partial charge on any atom is -0.459 e. The Morgan fingerprint density at radius 3 is 2.52 bits per heavy atom. The molecule has 126 valence electrons. The van der Waals surface area contributed by atoms with Crippen LogP contribution in [0.5, 0.6) is 0 Å². The molecule has 2 saturated heterocycles. The molecular weight excluding hydrogens is 298 g/mol. The lowest BCUT2D eigenvalue weighted by Gasteiger charge is -2.54. The van der Waals surface area contributed by atoms with E-state index in [1.807, 2.05) is 18.9 Å². The number of ether oxygens (including phenoxy) is 1. The smallest absolute Gasteiger partial charge is 0.290 e. The van der Waals surface area contributed by atoms with Crippen LogP contribution in [0.1, 0.15) is 16.1 Å². The summed E-state index contributed by atoms with van der Waals surface area (Å²) in [6.07, 6.45) is 1.53. The van der Waals surface area contributed by atoms with Crippen LogP contribution >= 0.6 is 0 Å². The number of morpholine rings is 1. The predicted molar refractivity (Wildman–Crippen MR) is 83.1 cm³/mol. The highest BCUT2D eigenvalue weighted by Gasteiger charge is 2.51. The molecule has 1 aromatic rings. The molecule has 1 spiro atoms. The lowest BCUT2D eigenvalue weighted by atomic mass is 9.90. The van der Waals surface area contributed by atoms with E-state index >= 15 is 0 Å². The molecule has 0 aromatic carbocycles. The number of carbonyl (C=O) groups excluding carboxylic acids is 2. The van der Waals surface area contributed by atoms with Crippen molar-refractivity contribution in [1.29, 1.82) is 0 Å². The van der Waals surface area contributed by atoms with Gasteiger partial charge in [0.25, 0.3) is 5.91 Å². The number of hydrogen-bond donors (Lipinski definition) is 0. The average Bonchev–Trinajstić information content (AvgIpc) is 2.89. The van der Waals surface area contributed by atoms with Crippen LogP contribution in [-0.2, 0) is 9.53 Å². The first-order valence-corrected chi connectivity index (χ1v) is 7.72. The van der Waals surface area contributed by atoms with Crippen LogP contribution in [0.4, 0.5) is 0 Å². The van der Waals surface area contributed by atoms with Crippen molar-refractivity contribution in [3.63, 3.8) is 0 Å². The highest BCUT2D eigenvalue weighted by molar-refractivity contribution is 5.93. The number of likely N-dealkylation sites (tertiary alicyclic amines) is 1. The fourth-order valence-corrected chi connectivity index (χ4v) is 3.27. The molecule has 3 heterocycles. The minimum atomic E-state index is -0.367. The highest BCUT2D eigenvalue weighted by atomic mass is 16.5. The van der Waals surface area contributed by atoms with Crippen LogP contribution in [-0.4, -0.2) is 85.5 Å². The molecule has 2 aliphatic heterocycles. The summed E-state index contributed by atoms with van der Waals surface area (Å²) in [6, 6.07) is 1.53. The van der Waals surface area contributed by atoms with Gasteiger partial charge in [0, 0.05) is 26.2 Å². The van der Waals surface area contributed by atoms with Gasteiger partial charge in [-0.25, -0.2) is 0 Å². The van der Waals surface area contributed by atoms with Crippen molar-refractivity contribution in [2.24, 2.45) is 0 Å². The van der Waals surface area contributed by atoms with Gasteiger partial charge in [0.2, 0.25) is 5.91 Å². The molecule has 0 N–H and O–H groups in total. The summed E-state index contributed by atoms with van der Waals surface area (Å²) < 4.78 is 11.2. The Hall–Kier alpha value is -1.86. The van der Waals surface area contributed by atoms with Gasteiger partial charge in [0.15, 0.2) is 5.76 Å². The van der Waals surface area contributed by atoms with E-state index in [0.717, 1.165) is 5.56 Å². The molecular formula is C16H23N3O4. The van der Waals surface area contributed by atoms with Crippen LogP contribution in [0.25, 0.3) is 0 Å². The van der Waals surface area contributed by atoms with Crippen molar-refractivity contribution >= 4 is 11.8 Å². The molecule has 1 aromatic heterocycles. The molecule has 2 fully saturated rings. The SMILES string of the molecule is Cc1ccoc1C(=O)N1CC2(C1)CN(C)[C@@H](C(=O)N(C)C)CO2. The number of aryl methyl sites for hydroxylation is 1. The lowest BCUT2D eigenvalue weighted by molar-refractivity contribution is -0.190. The summed E-state index contributed by atoms with van der Waals surface area (Å²) in [4.78, 5) is 29.8. The number of nitrogens with zero attached hydrogens (tertiary/aromatic N) is 3. The van der Waals surface area contributed by atoms with Crippen LogP contribution in [0.3, 0.4) is 0 Å². The summed E-state index contributed by atoms with van der Waals surface area (Å²) in [5, 5.41) is 0. The Morgan fingerprint density at radius 2 is 2.00 bits per heavy atom. The molecule has 7 heteroatoms. The van der Waals surface area contributed by atoms with Gasteiger partial charge in [-0.15, -0.1) is 0 Å². The molecule has 1 atom stereocenters. The Balaban J connectivity index is 1.60. The number of likely N-dealkylation sites (N-methyl/N-ethyl adjacent to an activating group) is 2. The number of carbonyl (C=O) groups is 2. The van der Waals surface area contributed by atoms with Crippen LogP contribution in [0.2, 0.25) is 0 Å². The fourth-order valence-electron chi connectivity index (χ4n) is 3.27. The normalized spacial score (nSPS) is 23.7. The Bertz CT molecular complexity index is 619. The quantitative estimate of drug-likeness (QED) is 0.779. The van der Waals surface area contributed by atoms with E-state index in [-0.39, 0.29) is 23.5 Å². The third kappa shape index (κ3) is 2.74. The topological polar surface area (TPSA) is 66.2 Å². The zero-order chi connectivity index (χ0) is 16.8. The van der Waals surface area contributed by atoms with Gasteiger partial charge < -0.3 is 19.0 Å². The van der Waals surface area contributed by atoms with Crippen molar-refractivity contribution in [2.45, 2.75) is 18.6 Å². The molecule has 0 radical (unpaired) electrons. The Kier molecular flexibility index (Phi) is 3.93. The molecule has 0 bridgehead atoms.